The average molecular weight is 559 g/mol. The summed E-state index contributed by atoms with van der Waals surface area (Å²) in [5, 5.41) is 5.54. The lowest BCUT2D eigenvalue weighted by molar-refractivity contribution is 0.404. The molecular weight excluding hydrogens is 529 g/mol. The van der Waals surface area contributed by atoms with Gasteiger partial charge in [0.05, 0.1) is 19.1 Å². The first-order valence-electron chi connectivity index (χ1n) is 12.0. The number of nitrogens with one attached hydrogen (secondary N) is 2. The molecule has 0 aliphatic heterocycles. The molecule has 1 aliphatic carbocycles. The molecule has 0 saturated carbocycles. The zero-order chi connectivity index (χ0) is 26.0. The fraction of sp³-hybridized carbons (Fsp3) is 0.385. The number of rotatable bonds is 10. The van der Waals surface area contributed by atoms with E-state index in [4.69, 9.17) is 18.7 Å². The summed E-state index contributed by atoms with van der Waals surface area (Å²) in [6, 6.07) is 7.95. The normalized spacial score (nSPS) is 13.1. The van der Waals surface area contributed by atoms with Crippen LogP contribution in [0.2, 0.25) is 0 Å². The first kappa shape index (κ1) is 26.0. The Bertz CT molecular complexity index is 1400. The topological polar surface area (TPSA) is 90.7 Å². The van der Waals surface area contributed by atoms with E-state index in [2.05, 4.69) is 52.5 Å². The molecular formula is C26H30N4O4S3. The molecule has 0 radical (unpaired) electrons. The number of aromatic nitrogens is 2. The maximum atomic E-state index is 6.03. The van der Waals surface area contributed by atoms with Gasteiger partial charge in [-0.3, -0.25) is 4.72 Å². The highest BCUT2D eigenvalue weighted by molar-refractivity contribution is 8.00. The van der Waals surface area contributed by atoms with E-state index in [1.165, 1.54) is 40.8 Å². The fourth-order valence-corrected chi connectivity index (χ4v) is 6.33. The van der Waals surface area contributed by atoms with E-state index in [0.717, 1.165) is 40.3 Å². The Labute approximate surface area is 229 Å². The molecule has 0 amide bonds. The summed E-state index contributed by atoms with van der Waals surface area (Å²) in [6.07, 6.45) is 5.22. The molecule has 2 aromatic carbocycles. The monoisotopic (exact) mass is 558 g/mol. The van der Waals surface area contributed by atoms with Gasteiger partial charge >= 0.3 is 0 Å². The number of hydrogen-bond acceptors (Lipinski definition) is 11. The molecule has 196 valence electrons. The van der Waals surface area contributed by atoms with Crippen LogP contribution in [0.15, 0.2) is 39.9 Å². The predicted molar refractivity (Wildman–Crippen MR) is 151 cm³/mol. The number of fused-ring (bicyclic) bond motifs is 2. The van der Waals surface area contributed by atoms with Crippen LogP contribution < -0.4 is 23.7 Å². The van der Waals surface area contributed by atoms with E-state index in [1.54, 1.807) is 32.2 Å². The van der Waals surface area contributed by atoms with E-state index < -0.39 is 0 Å². The van der Waals surface area contributed by atoms with Crippen LogP contribution in [0.25, 0.3) is 11.0 Å². The van der Waals surface area contributed by atoms with Gasteiger partial charge in [-0.1, -0.05) is 28.4 Å². The summed E-state index contributed by atoms with van der Waals surface area (Å²) in [4.78, 5) is 6.50. The van der Waals surface area contributed by atoms with Crippen molar-refractivity contribution in [1.29, 1.82) is 0 Å². The smallest absolute Gasteiger partial charge is 0.278 e. The quantitative estimate of drug-likeness (QED) is 0.194. The summed E-state index contributed by atoms with van der Waals surface area (Å²) in [5.41, 5.74) is 3.30. The molecule has 11 heteroatoms. The molecule has 0 unspecified atom stereocenters. The van der Waals surface area contributed by atoms with Crippen molar-refractivity contribution < 1.29 is 18.7 Å². The second-order valence-electron chi connectivity index (χ2n) is 9.59. The van der Waals surface area contributed by atoms with Gasteiger partial charge in [0.15, 0.2) is 11.4 Å². The fourth-order valence-electron chi connectivity index (χ4n) is 4.07. The van der Waals surface area contributed by atoms with Gasteiger partial charge in [-0.05, 0) is 75.2 Å². The van der Waals surface area contributed by atoms with Crippen molar-refractivity contribution in [2.45, 2.75) is 56.2 Å². The zero-order valence-corrected chi connectivity index (χ0v) is 23.9. The van der Waals surface area contributed by atoms with E-state index in [1.807, 2.05) is 12.3 Å². The Balaban J connectivity index is 1.30. The van der Waals surface area contributed by atoms with Gasteiger partial charge in [-0.2, -0.15) is 0 Å². The standard InChI is InChI=1S/C26H30N4O4S3/c1-26(2,3)37-28-14-18-13-27-25(35-18)33-17-11-20(32-5)23-21(12-17)34-29-24(23)30-36-22-10-16-8-6-7-15(16)9-19(22)31-4/h9-13,28H,6-8,14H2,1-5H3,(H,29,30). The molecule has 2 heterocycles. The molecule has 37 heavy (non-hydrogen) atoms. The van der Waals surface area contributed by atoms with Crippen LogP contribution in [-0.2, 0) is 19.4 Å². The molecule has 8 nitrogen and oxygen atoms in total. The average Bonchev–Trinajstić information content (AvgIpc) is 3.60. The third-order valence-corrected chi connectivity index (χ3v) is 8.34. The van der Waals surface area contributed by atoms with Crippen LogP contribution >= 0.6 is 35.2 Å². The first-order valence-corrected chi connectivity index (χ1v) is 14.4. The van der Waals surface area contributed by atoms with E-state index in [0.29, 0.717) is 28.1 Å². The molecule has 0 saturated heterocycles. The zero-order valence-electron chi connectivity index (χ0n) is 21.5. The Morgan fingerprint density at radius 2 is 1.84 bits per heavy atom. The number of methoxy groups -OCH3 is 2. The van der Waals surface area contributed by atoms with Gasteiger partial charge in [0, 0.05) is 34.5 Å². The van der Waals surface area contributed by atoms with Gasteiger partial charge < -0.3 is 23.5 Å². The third-order valence-electron chi connectivity index (χ3n) is 5.73. The predicted octanol–water partition coefficient (Wildman–Crippen LogP) is 7.24. The third kappa shape index (κ3) is 6.11. The summed E-state index contributed by atoms with van der Waals surface area (Å²) in [6.45, 7) is 7.22. The number of thiazole rings is 1. The minimum absolute atomic E-state index is 0.145. The maximum Gasteiger partial charge on any atom is 0.278 e. The molecule has 0 fully saturated rings. The van der Waals surface area contributed by atoms with Crippen LogP contribution in [-0.4, -0.2) is 29.1 Å². The van der Waals surface area contributed by atoms with Crippen LogP contribution in [0.4, 0.5) is 5.82 Å². The molecule has 0 atom stereocenters. The van der Waals surface area contributed by atoms with E-state index >= 15 is 0 Å². The Kier molecular flexibility index (Phi) is 7.75. The van der Waals surface area contributed by atoms with Crippen molar-refractivity contribution in [2.75, 3.05) is 18.9 Å². The number of benzene rings is 2. The first-order chi connectivity index (χ1) is 17.8. The van der Waals surface area contributed by atoms with Crippen molar-refractivity contribution in [3.63, 3.8) is 0 Å². The van der Waals surface area contributed by atoms with Crippen molar-refractivity contribution in [1.82, 2.24) is 14.9 Å². The lowest BCUT2D eigenvalue weighted by Gasteiger charge is -2.17. The highest BCUT2D eigenvalue weighted by Crippen LogP contribution is 2.41. The molecule has 5 rings (SSSR count). The van der Waals surface area contributed by atoms with Gasteiger partial charge in [-0.15, -0.1) is 0 Å². The number of nitrogens with zero attached hydrogens (tertiary/aromatic N) is 2. The number of ether oxygens (including phenoxy) is 3. The molecule has 4 aromatic rings. The van der Waals surface area contributed by atoms with Crippen molar-refractivity contribution in [3.05, 3.63) is 46.5 Å². The van der Waals surface area contributed by atoms with Gasteiger partial charge in [-0.25, -0.2) is 4.98 Å². The number of hydrogen-bond donors (Lipinski definition) is 2. The number of anilines is 1. The largest absolute Gasteiger partial charge is 0.496 e. The van der Waals surface area contributed by atoms with Crippen molar-refractivity contribution in [3.8, 4) is 22.4 Å². The summed E-state index contributed by atoms with van der Waals surface area (Å²) >= 11 is 4.64. The minimum Gasteiger partial charge on any atom is -0.496 e. The number of aryl methyl sites for hydroxylation is 2. The molecule has 0 spiro atoms. The van der Waals surface area contributed by atoms with Crippen LogP contribution in [0, 0.1) is 0 Å². The van der Waals surface area contributed by atoms with Crippen molar-refractivity contribution in [2.24, 2.45) is 0 Å². The molecule has 1 aliphatic rings. The lowest BCUT2D eigenvalue weighted by Crippen LogP contribution is -2.16. The maximum absolute atomic E-state index is 6.03. The molecule has 0 bridgehead atoms. The highest BCUT2D eigenvalue weighted by Gasteiger charge is 2.20. The summed E-state index contributed by atoms with van der Waals surface area (Å²) in [7, 11) is 3.32. The van der Waals surface area contributed by atoms with Crippen molar-refractivity contribution >= 4 is 52.0 Å². The van der Waals surface area contributed by atoms with Gasteiger partial charge in [0.1, 0.15) is 22.6 Å². The summed E-state index contributed by atoms with van der Waals surface area (Å²) in [5.74, 6) is 2.59. The molecule has 2 N–H and O–H groups in total. The molecule has 2 aromatic heterocycles. The highest BCUT2D eigenvalue weighted by atomic mass is 32.2. The summed E-state index contributed by atoms with van der Waals surface area (Å²) < 4.78 is 29.8. The lowest BCUT2D eigenvalue weighted by atomic mass is 10.1. The SMILES string of the molecule is COc1cc2c(cc1SNc1noc3cc(Oc4ncc(CNSC(C)(C)C)s4)cc(OC)c13)CCC2. The Hall–Kier alpha value is -2.60. The van der Waals surface area contributed by atoms with Crippen LogP contribution in [0.1, 0.15) is 43.2 Å². The van der Waals surface area contributed by atoms with Crippen LogP contribution in [0.3, 0.4) is 0 Å². The van der Waals surface area contributed by atoms with Gasteiger partial charge in [0.25, 0.3) is 5.19 Å². The minimum atomic E-state index is 0.145. The van der Waals surface area contributed by atoms with Gasteiger partial charge in [0.2, 0.25) is 0 Å². The van der Waals surface area contributed by atoms with E-state index in [9.17, 15) is 0 Å². The Morgan fingerprint density at radius 1 is 1.05 bits per heavy atom. The second kappa shape index (κ2) is 11.0. The second-order valence-corrected chi connectivity index (χ2v) is 13.2. The van der Waals surface area contributed by atoms with E-state index in [-0.39, 0.29) is 4.75 Å². The van der Waals surface area contributed by atoms with Crippen LogP contribution in [0.5, 0.6) is 22.4 Å². The Morgan fingerprint density at radius 3 is 2.59 bits per heavy atom.